The van der Waals surface area contributed by atoms with Gasteiger partial charge in [0.2, 0.25) is 0 Å². The van der Waals surface area contributed by atoms with Gasteiger partial charge in [0, 0.05) is 19.6 Å². The van der Waals surface area contributed by atoms with Crippen LogP contribution in [0.2, 0.25) is 0 Å². The van der Waals surface area contributed by atoms with Crippen LogP contribution in [0.4, 0.5) is 0 Å². The summed E-state index contributed by atoms with van der Waals surface area (Å²) in [7, 11) is -2.06. The van der Waals surface area contributed by atoms with Crippen molar-refractivity contribution in [1.29, 1.82) is 0 Å². The van der Waals surface area contributed by atoms with Crippen LogP contribution in [-0.2, 0) is 15.0 Å². The van der Waals surface area contributed by atoms with Gasteiger partial charge >= 0.3 is 5.97 Å². The fourth-order valence-corrected chi connectivity index (χ4v) is 3.74. The van der Waals surface area contributed by atoms with Gasteiger partial charge < -0.3 is 5.11 Å². The average molecular weight is 306 g/mol. The second kappa shape index (κ2) is 7.95. The van der Waals surface area contributed by atoms with Crippen molar-refractivity contribution in [3.05, 3.63) is 0 Å². The van der Waals surface area contributed by atoms with Crippen molar-refractivity contribution in [3.8, 4) is 0 Å². The highest BCUT2D eigenvalue weighted by Gasteiger charge is 2.33. The van der Waals surface area contributed by atoms with Crippen molar-refractivity contribution in [2.45, 2.75) is 57.9 Å². The van der Waals surface area contributed by atoms with Crippen LogP contribution in [-0.4, -0.2) is 43.4 Å². The van der Waals surface area contributed by atoms with Gasteiger partial charge in [0.15, 0.2) is 0 Å². The van der Waals surface area contributed by atoms with Crippen molar-refractivity contribution in [2.24, 2.45) is 5.92 Å². The van der Waals surface area contributed by atoms with Crippen molar-refractivity contribution in [2.75, 3.05) is 13.6 Å². The molecule has 1 rings (SSSR count). The molecule has 0 aromatic carbocycles. The molecule has 6 nitrogen and oxygen atoms in total. The van der Waals surface area contributed by atoms with E-state index in [2.05, 4.69) is 4.72 Å². The summed E-state index contributed by atoms with van der Waals surface area (Å²) in [6, 6.07) is -0.496. The molecule has 1 fully saturated rings. The summed E-state index contributed by atoms with van der Waals surface area (Å²) in [6.07, 6.45) is 5.54. The minimum absolute atomic E-state index is 0.455. The molecule has 0 bridgehead atoms. The number of unbranched alkanes of at least 4 members (excludes halogenated alkanes) is 1. The van der Waals surface area contributed by atoms with Crippen LogP contribution >= 0.6 is 0 Å². The van der Waals surface area contributed by atoms with Crippen LogP contribution in [0.1, 0.15) is 51.9 Å². The topological polar surface area (TPSA) is 86.7 Å². The summed E-state index contributed by atoms with van der Waals surface area (Å²) in [5.74, 6) is -1.53. The van der Waals surface area contributed by atoms with Gasteiger partial charge in [-0.25, -0.2) is 0 Å². The second-order valence-corrected chi connectivity index (χ2v) is 7.30. The molecule has 0 spiro atoms. The van der Waals surface area contributed by atoms with Gasteiger partial charge in [-0.3, -0.25) is 4.79 Å². The van der Waals surface area contributed by atoms with Gasteiger partial charge in [-0.2, -0.15) is 17.4 Å². The highest BCUT2D eigenvalue weighted by molar-refractivity contribution is 7.87. The van der Waals surface area contributed by atoms with Crippen molar-refractivity contribution in [1.82, 2.24) is 9.03 Å². The Bertz CT molecular complexity index is 411. The summed E-state index contributed by atoms with van der Waals surface area (Å²) in [4.78, 5) is 11.3. The first-order chi connectivity index (χ1) is 9.38. The maximum Gasteiger partial charge on any atom is 0.308 e. The van der Waals surface area contributed by atoms with Crippen LogP contribution in [0.25, 0.3) is 0 Å². The zero-order chi connectivity index (χ0) is 15.2. The maximum absolute atomic E-state index is 12.2. The smallest absolute Gasteiger partial charge is 0.308 e. The molecule has 0 heterocycles. The molecular formula is C13H26N2O4S. The first kappa shape index (κ1) is 17.4. The number of hydrogen-bond acceptors (Lipinski definition) is 3. The van der Waals surface area contributed by atoms with Gasteiger partial charge in [-0.1, -0.05) is 32.6 Å². The number of nitrogens with one attached hydrogen (secondary N) is 1. The Morgan fingerprint density at radius 3 is 2.55 bits per heavy atom. The molecule has 7 heteroatoms. The van der Waals surface area contributed by atoms with Crippen LogP contribution in [0.15, 0.2) is 0 Å². The van der Waals surface area contributed by atoms with E-state index >= 15 is 0 Å². The minimum Gasteiger partial charge on any atom is -0.481 e. The Balaban J connectivity index is 2.73. The fraction of sp³-hybridized carbons (Fsp3) is 0.923. The van der Waals surface area contributed by atoms with E-state index in [1.165, 1.54) is 11.4 Å². The zero-order valence-electron chi connectivity index (χ0n) is 12.3. The molecule has 0 amide bonds. The van der Waals surface area contributed by atoms with Gasteiger partial charge in [0.05, 0.1) is 5.92 Å². The fourth-order valence-electron chi connectivity index (χ4n) is 2.53. The SMILES string of the molecule is CCCCN(C)S(=O)(=O)NC1CCCCCC1C(=O)O. The van der Waals surface area contributed by atoms with E-state index in [0.717, 1.165) is 32.1 Å². The number of nitrogens with zero attached hydrogens (tertiary/aromatic N) is 1. The monoisotopic (exact) mass is 306 g/mol. The third-order valence-corrected chi connectivity index (χ3v) is 5.47. The van der Waals surface area contributed by atoms with Crippen LogP contribution in [0.5, 0.6) is 0 Å². The Labute approximate surface area is 121 Å². The molecule has 1 aliphatic rings. The zero-order valence-corrected chi connectivity index (χ0v) is 13.2. The number of hydrogen-bond donors (Lipinski definition) is 2. The lowest BCUT2D eigenvalue weighted by atomic mass is 9.96. The van der Waals surface area contributed by atoms with E-state index in [4.69, 9.17) is 0 Å². The third-order valence-electron chi connectivity index (χ3n) is 3.87. The molecule has 2 atom stereocenters. The lowest BCUT2D eigenvalue weighted by Gasteiger charge is -2.26. The molecule has 2 N–H and O–H groups in total. The van der Waals surface area contributed by atoms with Gasteiger partial charge in [0.1, 0.15) is 0 Å². The molecule has 2 unspecified atom stereocenters. The lowest BCUT2D eigenvalue weighted by molar-refractivity contribution is -0.142. The predicted molar refractivity (Wildman–Crippen MR) is 77.6 cm³/mol. The van der Waals surface area contributed by atoms with E-state index in [0.29, 0.717) is 19.4 Å². The number of carbonyl (C=O) groups is 1. The summed E-state index contributed by atoms with van der Waals surface area (Å²) >= 11 is 0. The Hall–Kier alpha value is -0.660. The second-order valence-electron chi connectivity index (χ2n) is 5.49. The standard InChI is InChI=1S/C13H26N2O4S/c1-3-4-10-15(2)20(18,19)14-12-9-7-5-6-8-11(12)13(16)17/h11-12,14H,3-10H2,1-2H3,(H,16,17). The highest BCUT2D eigenvalue weighted by atomic mass is 32.2. The predicted octanol–water partition coefficient (Wildman–Crippen LogP) is 1.59. The number of carboxylic acids is 1. The Morgan fingerprint density at radius 1 is 1.30 bits per heavy atom. The van der Waals surface area contributed by atoms with Crippen LogP contribution in [0, 0.1) is 5.92 Å². The van der Waals surface area contributed by atoms with Crippen LogP contribution in [0.3, 0.4) is 0 Å². The molecule has 20 heavy (non-hydrogen) atoms. The van der Waals surface area contributed by atoms with Crippen molar-refractivity contribution >= 4 is 16.2 Å². The van der Waals surface area contributed by atoms with E-state index in [1.807, 2.05) is 6.92 Å². The summed E-state index contributed by atoms with van der Waals surface area (Å²) in [5, 5.41) is 9.26. The van der Waals surface area contributed by atoms with E-state index < -0.39 is 28.1 Å². The molecule has 0 radical (unpaired) electrons. The average Bonchev–Trinajstić information content (AvgIpc) is 2.60. The van der Waals surface area contributed by atoms with Crippen molar-refractivity contribution in [3.63, 3.8) is 0 Å². The molecule has 1 saturated carbocycles. The molecular weight excluding hydrogens is 280 g/mol. The number of carboxylic acid groups (broad SMARTS) is 1. The molecule has 0 saturated heterocycles. The van der Waals surface area contributed by atoms with Gasteiger partial charge in [0.25, 0.3) is 10.2 Å². The summed E-state index contributed by atoms with van der Waals surface area (Å²) in [5.41, 5.74) is 0. The van der Waals surface area contributed by atoms with E-state index in [1.54, 1.807) is 0 Å². The molecule has 0 aromatic rings. The minimum atomic E-state index is -3.59. The third kappa shape index (κ3) is 5.03. The normalized spacial score (nSPS) is 24.6. The van der Waals surface area contributed by atoms with Gasteiger partial charge in [-0.05, 0) is 19.3 Å². The van der Waals surface area contributed by atoms with Crippen LogP contribution < -0.4 is 4.72 Å². The highest BCUT2D eigenvalue weighted by Crippen LogP contribution is 2.24. The van der Waals surface area contributed by atoms with E-state index in [-0.39, 0.29) is 0 Å². The van der Waals surface area contributed by atoms with E-state index in [9.17, 15) is 18.3 Å². The largest absolute Gasteiger partial charge is 0.481 e. The number of rotatable bonds is 7. The first-order valence-corrected chi connectivity index (χ1v) is 8.79. The molecule has 0 aliphatic heterocycles. The molecule has 1 aliphatic carbocycles. The lowest BCUT2D eigenvalue weighted by Crippen LogP contribution is -2.48. The molecule has 0 aromatic heterocycles. The van der Waals surface area contributed by atoms with Gasteiger partial charge in [-0.15, -0.1) is 0 Å². The summed E-state index contributed by atoms with van der Waals surface area (Å²) in [6.45, 7) is 2.45. The quantitative estimate of drug-likeness (QED) is 0.699. The van der Waals surface area contributed by atoms with Crippen molar-refractivity contribution < 1.29 is 18.3 Å². The first-order valence-electron chi connectivity index (χ1n) is 7.35. The summed E-state index contributed by atoms with van der Waals surface area (Å²) < 4.78 is 28.3. The Kier molecular flexibility index (Phi) is 6.91. The maximum atomic E-state index is 12.2. The molecule has 118 valence electrons. The Morgan fingerprint density at radius 2 is 1.95 bits per heavy atom. The number of aliphatic carboxylic acids is 1.